The summed E-state index contributed by atoms with van der Waals surface area (Å²) in [6.45, 7) is 4.62. The maximum Gasteiger partial charge on any atom is 1.00 e. The summed E-state index contributed by atoms with van der Waals surface area (Å²) in [5.41, 5.74) is 0.596. The summed E-state index contributed by atoms with van der Waals surface area (Å²) < 4.78 is 22.4. The summed E-state index contributed by atoms with van der Waals surface area (Å²) >= 11 is 0. The van der Waals surface area contributed by atoms with Gasteiger partial charge < -0.3 is 32.3 Å². The van der Waals surface area contributed by atoms with E-state index in [4.69, 9.17) is 18.9 Å². The summed E-state index contributed by atoms with van der Waals surface area (Å²) in [6, 6.07) is 10.9. The third-order valence-electron chi connectivity index (χ3n) is 3.57. The van der Waals surface area contributed by atoms with E-state index >= 15 is 0 Å². The summed E-state index contributed by atoms with van der Waals surface area (Å²) in [5.74, 6) is 2.22. The third kappa shape index (κ3) is 5.91. The Morgan fingerprint density at radius 1 is 0.963 bits per heavy atom. The molecule has 0 radical (unpaired) electrons. The summed E-state index contributed by atoms with van der Waals surface area (Å²) in [5, 5.41) is 0.659. The molecule has 27 heavy (non-hydrogen) atoms. The quantitative estimate of drug-likeness (QED) is 0.481. The Balaban J connectivity index is 0.00000364. The molecule has 0 aromatic heterocycles. The van der Waals surface area contributed by atoms with Crippen LogP contribution in [0.4, 0.5) is 0 Å². The van der Waals surface area contributed by atoms with Gasteiger partial charge in [-0.1, -0.05) is 44.2 Å². The number of carbonyl (C=O) groups is 1. The van der Waals surface area contributed by atoms with E-state index < -0.39 is 0 Å². The van der Waals surface area contributed by atoms with E-state index in [1.165, 1.54) is 0 Å². The average molecular weight is 382 g/mol. The SMILES string of the molecule is COc1cc([P-]C(=O)c2ccccc2)c(OC)c(OC)c1OCC(C)C.[Li+]. The van der Waals surface area contributed by atoms with Gasteiger partial charge in [-0.15, -0.1) is 5.30 Å². The van der Waals surface area contributed by atoms with E-state index in [0.29, 0.717) is 55.0 Å². The number of carbonyl (C=O) groups excluding carboxylic acids is 1. The number of hydrogen-bond acceptors (Lipinski definition) is 5. The van der Waals surface area contributed by atoms with Gasteiger partial charge in [0.2, 0.25) is 11.5 Å². The molecule has 0 N–H and O–H groups in total. The number of methoxy groups -OCH3 is 3. The van der Waals surface area contributed by atoms with Gasteiger partial charge in [0.25, 0.3) is 0 Å². The fourth-order valence-electron chi connectivity index (χ4n) is 2.35. The molecule has 0 atom stereocenters. The first kappa shape index (κ1) is 23.4. The largest absolute Gasteiger partial charge is 1.00 e. The van der Waals surface area contributed by atoms with Crippen LogP contribution in [0.5, 0.6) is 23.0 Å². The van der Waals surface area contributed by atoms with Crippen molar-refractivity contribution in [3.8, 4) is 23.0 Å². The van der Waals surface area contributed by atoms with Crippen LogP contribution in [-0.4, -0.2) is 33.5 Å². The normalized spacial score (nSPS) is 10.6. The van der Waals surface area contributed by atoms with Gasteiger partial charge in [0, 0.05) is 5.52 Å². The predicted octanol–water partition coefficient (Wildman–Crippen LogP) is 1.16. The molecule has 0 spiro atoms. The van der Waals surface area contributed by atoms with Crippen LogP contribution in [-0.2, 0) is 0 Å². The molecule has 0 heterocycles. The molecule has 0 saturated carbocycles. The van der Waals surface area contributed by atoms with E-state index in [1.54, 1.807) is 39.5 Å². The summed E-state index contributed by atoms with van der Waals surface area (Å²) in [7, 11) is 5.11. The molecule has 0 bridgehead atoms. The van der Waals surface area contributed by atoms with Crippen LogP contribution >= 0.6 is 8.58 Å². The zero-order chi connectivity index (χ0) is 19.1. The number of benzene rings is 2. The smallest absolute Gasteiger partial charge is 0.495 e. The van der Waals surface area contributed by atoms with Crippen molar-refractivity contribution in [2.24, 2.45) is 5.92 Å². The number of hydrogen-bond donors (Lipinski definition) is 0. The topological polar surface area (TPSA) is 54.0 Å². The summed E-state index contributed by atoms with van der Waals surface area (Å²) in [6.07, 6.45) is 0. The first-order chi connectivity index (χ1) is 12.5. The fourth-order valence-corrected chi connectivity index (χ4v) is 3.32. The van der Waals surface area contributed by atoms with E-state index in [-0.39, 0.29) is 24.4 Å². The Hall–Kier alpha value is -1.66. The molecule has 2 rings (SSSR count). The molecule has 0 aliphatic heterocycles. The van der Waals surface area contributed by atoms with Gasteiger partial charge in [-0.2, -0.15) is 0 Å². The van der Waals surface area contributed by atoms with Crippen LogP contribution in [0.15, 0.2) is 36.4 Å². The first-order valence-corrected chi connectivity index (χ1v) is 9.18. The Labute approximate surface area is 174 Å². The molecule has 0 amide bonds. The van der Waals surface area contributed by atoms with Gasteiger partial charge in [0.15, 0.2) is 5.75 Å². The van der Waals surface area contributed by atoms with E-state index in [0.717, 1.165) is 0 Å². The Bertz CT molecular complexity index is 750. The van der Waals surface area contributed by atoms with Crippen LogP contribution in [0.3, 0.4) is 0 Å². The van der Waals surface area contributed by atoms with Crippen LogP contribution < -0.4 is 43.1 Å². The average Bonchev–Trinajstić information content (AvgIpc) is 2.66. The molecule has 140 valence electrons. The first-order valence-electron chi connectivity index (χ1n) is 8.28. The second-order valence-electron chi connectivity index (χ2n) is 5.98. The predicted molar refractivity (Wildman–Crippen MR) is 104 cm³/mol. The monoisotopic (exact) mass is 382 g/mol. The summed E-state index contributed by atoms with van der Waals surface area (Å²) in [4.78, 5) is 12.6. The minimum absolute atomic E-state index is 0. The Kier molecular flexibility index (Phi) is 9.73. The molecule has 5 nitrogen and oxygen atoms in total. The van der Waals surface area contributed by atoms with Gasteiger partial charge in [0.05, 0.1) is 27.9 Å². The zero-order valence-electron chi connectivity index (χ0n) is 16.7. The molecular formula is C20H24LiO5P. The Morgan fingerprint density at radius 2 is 1.59 bits per heavy atom. The molecule has 0 saturated heterocycles. The van der Waals surface area contributed by atoms with Crippen molar-refractivity contribution in [2.75, 3.05) is 27.9 Å². The van der Waals surface area contributed by atoms with Crippen LogP contribution in [0.25, 0.3) is 0 Å². The Morgan fingerprint density at radius 3 is 2.11 bits per heavy atom. The molecule has 2 aromatic carbocycles. The van der Waals surface area contributed by atoms with E-state index in [1.807, 2.05) is 18.2 Å². The molecular weight excluding hydrogens is 358 g/mol. The van der Waals surface area contributed by atoms with Gasteiger partial charge >= 0.3 is 18.9 Å². The molecule has 2 aromatic rings. The fraction of sp³-hybridized carbons (Fsp3) is 0.350. The van der Waals surface area contributed by atoms with Crippen molar-refractivity contribution in [1.82, 2.24) is 0 Å². The maximum atomic E-state index is 12.6. The van der Waals surface area contributed by atoms with Crippen molar-refractivity contribution in [3.05, 3.63) is 42.0 Å². The van der Waals surface area contributed by atoms with E-state index in [2.05, 4.69) is 13.8 Å². The molecule has 0 unspecified atom stereocenters. The molecule has 0 aliphatic carbocycles. The van der Waals surface area contributed by atoms with Crippen LogP contribution in [0, 0.1) is 5.92 Å². The molecule has 0 fully saturated rings. The number of rotatable bonds is 9. The van der Waals surface area contributed by atoms with Gasteiger partial charge in [0.1, 0.15) is 5.75 Å². The number of ether oxygens (including phenoxy) is 4. The second-order valence-corrected chi connectivity index (χ2v) is 7.09. The van der Waals surface area contributed by atoms with Crippen molar-refractivity contribution < 1.29 is 42.6 Å². The maximum absolute atomic E-state index is 12.6. The van der Waals surface area contributed by atoms with Crippen molar-refractivity contribution in [3.63, 3.8) is 0 Å². The third-order valence-corrected chi connectivity index (χ3v) is 4.60. The standard InChI is InChI=1S/C20H24O5P.Li/c1-13(2)12-25-17-15(22-3)11-16(18(23-4)19(17)24-5)26-20(21)14-9-7-6-8-10-14;/h6-11,13H,12H2,1-5H3;/q-1;+1. The van der Waals surface area contributed by atoms with Gasteiger partial charge in [-0.25, -0.2) is 0 Å². The van der Waals surface area contributed by atoms with Crippen LogP contribution in [0.2, 0.25) is 0 Å². The van der Waals surface area contributed by atoms with Crippen molar-refractivity contribution >= 4 is 19.4 Å². The molecule has 7 heteroatoms. The minimum Gasteiger partial charge on any atom is -0.495 e. The zero-order valence-corrected chi connectivity index (χ0v) is 17.6. The van der Waals surface area contributed by atoms with Crippen molar-refractivity contribution in [1.29, 1.82) is 0 Å². The van der Waals surface area contributed by atoms with Gasteiger partial charge in [-0.3, -0.25) is 0 Å². The second kappa shape index (κ2) is 11.2. The van der Waals surface area contributed by atoms with Gasteiger partial charge in [-0.05, 0) is 17.5 Å². The molecule has 0 aliphatic rings. The van der Waals surface area contributed by atoms with Crippen molar-refractivity contribution in [2.45, 2.75) is 13.8 Å². The van der Waals surface area contributed by atoms with E-state index in [9.17, 15) is 4.79 Å². The minimum atomic E-state index is -0.0381. The van der Waals surface area contributed by atoms with Crippen LogP contribution in [0.1, 0.15) is 24.2 Å².